The van der Waals surface area contributed by atoms with Gasteiger partial charge in [0.05, 0.1) is 70.1 Å². The van der Waals surface area contributed by atoms with Gasteiger partial charge in [-0.15, -0.1) is 0 Å². The SMILES string of the molecule is COc1ccc(C(OC[C@@H]2O[C@@H](n3cnc4c(NC(=O)c5ccccc5)ncnc43)C[C@H]2C2=C([C@H]3O[C@@H](n4cc(C)c(=O)[nH]c4=O)C[C@@H]3OP(=O)(OC[C@H]3OC(n4cc(C)c(=O)[nH]c4=O)CC3OP(OCCC#N)N(C(C)C)C(C)C)Oc3ccccc3Cl)C(C)=C(Cl)CC2)(c2ccccc2)c2ccc(OC)cc2)cc1. The number of phosphoric ester groups is 1. The lowest BCUT2D eigenvalue weighted by Crippen LogP contribution is -2.38. The van der Waals surface area contributed by atoms with E-state index in [2.05, 4.69) is 26.3 Å². The van der Waals surface area contributed by atoms with E-state index < -0.39 is 112 Å². The summed E-state index contributed by atoms with van der Waals surface area (Å²) >= 11 is 14.4. The highest BCUT2D eigenvalue weighted by Gasteiger charge is 2.52. The van der Waals surface area contributed by atoms with Gasteiger partial charge in [-0.3, -0.25) is 47.1 Å². The number of carbonyl (C=O) groups is 1. The highest BCUT2D eigenvalue weighted by molar-refractivity contribution is 7.49. The zero-order valence-corrected chi connectivity index (χ0v) is 65.7. The number of aromatic nitrogens is 8. The van der Waals surface area contributed by atoms with Crippen LogP contribution in [-0.2, 0) is 47.2 Å². The van der Waals surface area contributed by atoms with Crippen molar-refractivity contribution >= 4 is 62.4 Å². The molecule has 0 radical (unpaired) electrons. The fraction of sp³-hybridized carbons (Fsp3) is 0.380. The maximum atomic E-state index is 16.6. The van der Waals surface area contributed by atoms with Crippen LogP contribution in [0.1, 0.15) is 130 Å². The first-order valence-electron chi connectivity index (χ1n) is 36.3. The fourth-order valence-electron chi connectivity index (χ4n) is 14.7. The predicted molar refractivity (Wildman–Crippen MR) is 415 cm³/mol. The highest BCUT2D eigenvalue weighted by Crippen LogP contribution is 2.58. The molecule has 32 heteroatoms. The van der Waals surface area contributed by atoms with Crippen LogP contribution >= 0.6 is 39.6 Å². The number of nitriles is 1. The van der Waals surface area contributed by atoms with Gasteiger partial charge in [0.25, 0.3) is 25.6 Å². The van der Waals surface area contributed by atoms with Crippen LogP contribution in [0.15, 0.2) is 199 Å². The lowest BCUT2D eigenvalue weighted by molar-refractivity contribution is -0.0813. The normalized spacial score (nSPS) is 21.6. The molecule has 1 amide bonds. The molecule has 3 aliphatic heterocycles. The molecule has 3 N–H and O–H groups in total. The van der Waals surface area contributed by atoms with Gasteiger partial charge >= 0.3 is 19.2 Å². The number of carbonyl (C=O) groups excluding carboxylic acids is 1. The lowest BCUT2D eigenvalue weighted by atomic mass is 9.77. The van der Waals surface area contributed by atoms with E-state index in [0.717, 1.165) is 22.3 Å². The Balaban J connectivity index is 0.942. The molecule has 0 spiro atoms. The third-order valence-corrected chi connectivity index (χ3v) is 24.4. The summed E-state index contributed by atoms with van der Waals surface area (Å²) in [6, 6.07) is 41.9. The number of anilines is 1. The molecule has 582 valence electrons. The number of halogens is 2. The van der Waals surface area contributed by atoms with Crippen molar-refractivity contribution in [3.05, 3.63) is 260 Å². The number of rotatable bonds is 30. The van der Waals surface area contributed by atoms with Gasteiger partial charge in [-0.1, -0.05) is 114 Å². The minimum absolute atomic E-state index is 0.0147. The Bertz CT molecular complexity index is 5190. The number of allylic oxidation sites excluding steroid dienone is 1. The first kappa shape index (κ1) is 79.8. The summed E-state index contributed by atoms with van der Waals surface area (Å²) in [6.07, 6.45) is -2.67. The number of fused-ring (bicyclic) bond motifs is 1. The molecule has 0 saturated carbocycles. The quantitative estimate of drug-likeness (QED) is 0.0214. The van der Waals surface area contributed by atoms with Gasteiger partial charge in [-0.2, -0.15) is 5.26 Å². The van der Waals surface area contributed by atoms with Gasteiger partial charge in [-0.05, 0) is 138 Å². The maximum absolute atomic E-state index is 16.6. The van der Waals surface area contributed by atoms with Crippen molar-refractivity contribution in [2.45, 2.75) is 154 Å². The van der Waals surface area contributed by atoms with Crippen molar-refractivity contribution in [3.63, 3.8) is 0 Å². The molecule has 7 heterocycles. The minimum Gasteiger partial charge on any atom is -0.497 e. The van der Waals surface area contributed by atoms with Crippen LogP contribution in [0.3, 0.4) is 0 Å². The molecule has 3 saturated heterocycles. The van der Waals surface area contributed by atoms with E-state index in [1.54, 1.807) is 75.4 Å². The van der Waals surface area contributed by atoms with Crippen LogP contribution in [0.5, 0.6) is 17.2 Å². The van der Waals surface area contributed by atoms with Crippen LogP contribution in [-0.4, -0.2) is 126 Å². The zero-order chi connectivity index (χ0) is 78.4. The van der Waals surface area contributed by atoms with Gasteiger partial charge in [-0.25, -0.2) is 33.8 Å². The van der Waals surface area contributed by atoms with Crippen molar-refractivity contribution < 1.29 is 60.4 Å². The summed E-state index contributed by atoms with van der Waals surface area (Å²) in [5.74, 6) is 0.238. The number of hydrogen-bond acceptors (Lipinski definition) is 22. The standard InChI is InChI=1S/C79H85Cl2N11O17P2/c1-46(2)92(47(3)4)110(102-36-18-35-82)107-62-38-67(89-40-48(5)74(93)87-77(89)96)105-65(62)43-103-111(98,108-61-24-17-16-23-60(61)81)109-63-39-68(90-41-49(6)75(94)88-78(90)97)106-71(63)69-50(7)59(80)34-33-57(69)58-37-66(91-45-85-70-72(83-44-84-73(70)91)86-76(95)51-19-12-10-13-20-51)104-64(58)42-101-79(52-21-14-11-15-22-52,53-25-29-55(99-8)30-26-53)54-27-31-56(100-9)32-28-54/h10-17,19-32,40-41,44-47,58,62-68,71H,18,33-34,36-39,42-43H2,1-9H3,(H,87,93,96)(H,88,94,97)(H,83,84,86,95)/t58-,62?,63-,64-,65+,66+,67?,68+,71-,110?,111?/m0/s1. The number of amides is 1. The van der Waals surface area contributed by atoms with Crippen LogP contribution in [0.2, 0.25) is 5.02 Å². The van der Waals surface area contributed by atoms with E-state index in [1.165, 1.54) is 40.0 Å². The molecule has 111 heavy (non-hydrogen) atoms. The molecular formula is C79H85Cl2N11O17P2. The second-order valence-corrected chi connectivity index (χ2v) is 31.6. The van der Waals surface area contributed by atoms with Crippen LogP contribution < -0.4 is 41.8 Å². The van der Waals surface area contributed by atoms with Gasteiger partial charge in [0.2, 0.25) is 0 Å². The molecule has 4 aromatic heterocycles. The fourth-order valence-corrected chi connectivity index (χ4v) is 18.3. The van der Waals surface area contributed by atoms with E-state index in [-0.39, 0.29) is 84.2 Å². The average molecular weight is 1590 g/mol. The third-order valence-electron chi connectivity index (χ3n) is 20.1. The summed E-state index contributed by atoms with van der Waals surface area (Å²) in [5.41, 5.74) is 1.36. The molecule has 3 fully saturated rings. The molecule has 4 aliphatic rings. The number of ether oxygens (including phenoxy) is 6. The van der Waals surface area contributed by atoms with Crippen molar-refractivity contribution in [2.75, 3.05) is 39.4 Å². The van der Waals surface area contributed by atoms with Crippen molar-refractivity contribution in [2.24, 2.45) is 5.92 Å². The molecule has 9 aromatic rings. The van der Waals surface area contributed by atoms with Crippen molar-refractivity contribution in [3.8, 4) is 23.3 Å². The van der Waals surface area contributed by atoms with Gasteiger partial charge in [0, 0.05) is 71.4 Å². The molecule has 1 aliphatic carbocycles. The Hall–Kier alpha value is -9.27. The number of methoxy groups -OCH3 is 2. The Labute approximate surface area is 650 Å². The van der Waals surface area contributed by atoms with E-state index in [1.807, 2.05) is 124 Å². The highest BCUT2D eigenvalue weighted by atomic mass is 35.5. The summed E-state index contributed by atoms with van der Waals surface area (Å²) in [7, 11) is -3.97. The summed E-state index contributed by atoms with van der Waals surface area (Å²) in [6.45, 7) is 12.1. The Morgan fingerprint density at radius 2 is 1.29 bits per heavy atom. The third kappa shape index (κ3) is 17.2. The molecule has 0 bridgehead atoms. The number of aromatic amines is 2. The summed E-state index contributed by atoms with van der Waals surface area (Å²) in [5, 5.41) is 13.0. The molecular weight excluding hydrogens is 1510 g/mol. The molecule has 5 aromatic carbocycles. The monoisotopic (exact) mass is 1590 g/mol. The van der Waals surface area contributed by atoms with E-state index in [4.69, 9.17) is 84.2 Å². The first-order valence-corrected chi connectivity index (χ1v) is 39.7. The zero-order valence-electron chi connectivity index (χ0n) is 62.4. The number of benzene rings is 5. The Morgan fingerprint density at radius 1 is 0.712 bits per heavy atom. The molecule has 28 nitrogen and oxygen atoms in total. The summed E-state index contributed by atoms with van der Waals surface area (Å²) in [4.78, 5) is 86.4. The Kier molecular flexibility index (Phi) is 25.0. The van der Waals surface area contributed by atoms with Crippen molar-refractivity contribution in [1.82, 2.24) is 43.3 Å². The average Bonchev–Trinajstić information content (AvgIpc) is 1.64. The number of para-hydroxylation sites is 1. The number of H-pyrrole nitrogens is 2. The molecule has 11 atom stereocenters. The second-order valence-electron chi connectivity index (χ2n) is 27.8. The van der Waals surface area contributed by atoms with Crippen LogP contribution in [0, 0.1) is 31.1 Å². The second kappa shape index (κ2) is 34.8. The Morgan fingerprint density at radius 3 is 1.90 bits per heavy atom. The van der Waals surface area contributed by atoms with Gasteiger partial charge < -0.3 is 47.3 Å². The van der Waals surface area contributed by atoms with Gasteiger partial charge in [0.1, 0.15) is 66.2 Å². The maximum Gasteiger partial charge on any atom is 0.530 e. The lowest BCUT2D eigenvalue weighted by Gasteiger charge is -2.38. The van der Waals surface area contributed by atoms with E-state index in [9.17, 15) is 29.2 Å². The number of phosphoric acid groups is 1. The van der Waals surface area contributed by atoms with Crippen LogP contribution in [0.4, 0.5) is 5.82 Å². The number of nitrogens with zero attached hydrogens (tertiary/aromatic N) is 8. The van der Waals surface area contributed by atoms with Crippen molar-refractivity contribution in [1.29, 1.82) is 5.26 Å². The minimum atomic E-state index is -5.19. The number of aryl methyl sites for hydroxylation is 2. The number of imidazole rings is 1. The number of hydrogen-bond donors (Lipinski definition) is 3. The number of nitrogens with one attached hydrogen (secondary N) is 3. The largest absolute Gasteiger partial charge is 0.530 e. The predicted octanol–water partition coefficient (Wildman–Crippen LogP) is 13.8. The van der Waals surface area contributed by atoms with E-state index >= 15 is 4.57 Å². The van der Waals surface area contributed by atoms with Crippen LogP contribution in [0.25, 0.3) is 11.2 Å². The van der Waals surface area contributed by atoms with E-state index in [0.29, 0.717) is 51.7 Å². The van der Waals surface area contributed by atoms with Gasteiger partial charge in [0.15, 0.2) is 17.0 Å². The summed E-state index contributed by atoms with van der Waals surface area (Å²) < 4.78 is 96.9. The smallest absolute Gasteiger partial charge is 0.497 e. The first-order chi connectivity index (χ1) is 53.5. The molecule has 13 rings (SSSR count). The topological polar surface area (TPSA) is 328 Å². The molecule has 4 unspecified atom stereocenters.